The number of piperazine rings is 1. The summed E-state index contributed by atoms with van der Waals surface area (Å²) < 4.78 is 8.82. The van der Waals surface area contributed by atoms with Crippen LogP contribution in [0.5, 0.6) is 0 Å². The number of ether oxygens (including phenoxy) is 1. The number of likely N-dealkylation sites (N-methyl/N-ethyl adjacent to an activating group) is 1. The van der Waals surface area contributed by atoms with Gasteiger partial charge >= 0.3 is 0 Å². The van der Waals surface area contributed by atoms with E-state index in [1.165, 1.54) is 4.52 Å². The quantitative estimate of drug-likeness (QED) is 0.653. The number of aromatic nitrogens is 3. The highest BCUT2D eigenvalue weighted by Gasteiger charge is 2.37. The van der Waals surface area contributed by atoms with E-state index in [4.69, 9.17) is 4.74 Å². The Kier molecular flexibility index (Phi) is 5.76. The maximum Gasteiger partial charge on any atom is 0.280 e. The highest BCUT2D eigenvalue weighted by molar-refractivity contribution is 5.97. The van der Waals surface area contributed by atoms with Gasteiger partial charge in [-0.15, -0.1) is 0 Å². The van der Waals surface area contributed by atoms with Crippen molar-refractivity contribution in [1.82, 2.24) is 28.9 Å². The van der Waals surface area contributed by atoms with Crippen molar-refractivity contribution in [3.63, 3.8) is 0 Å². The van der Waals surface area contributed by atoms with E-state index in [-0.39, 0.29) is 42.0 Å². The molecule has 1 unspecified atom stereocenters. The highest BCUT2D eigenvalue weighted by Crippen LogP contribution is 2.27. The number of hydrogen-bond acceptors (Lipinski definition) is 6. The Morgan fingerprint density at radius 1 is 1.18 bits per heavy atom. The van der Waals surface area contributed by atoms with Crippen LogP contribution >= 0.6 is 0 Å². The number of carbonyl (C=O) groups excluding carboxylic acids is 2. The first-order valence-corrected chi connectivity index (χ1v) is 12.2. The molecule has 0 aromatic carbocycles. The Morgan fingerprint density at radius 2 is 1.91 bits per heavy atom. The number of fused-ring (bicyclic) bond motifs is 2. The lowest BCUT2D eigenvalue weighted by molar-refractivity contribution is -0.133. The lowest BCUT2D eigenvalue weighted by Gasteiger charge is -2.32. The van der Waals surface area contributed by atoms with E-state index in [2.05, 4.69) is 10.00 Å². The summed E-state index contributed by atoms with van der Waals surface area (Å²) in [5.74, 6) is -0.264. The van der Waals surface area contributed by atoms with Crippen LogP contribution in [-0.4, -0.2) is 93.2 Å². The van der Waals surface area contributed by atoms with Crippen molar-refractivity contribution in [1.29, 1.82) is 0 Å². The predicted molar refractivity (Wildman–Crippen MR) is 126 cm³/mol. The molecule has 5 rings (SSSR count). The van der Waals surface area contributed by atoms with Gasteiger partial charge in [0.05, 0.1) is 23.9 Å². The zero-order chi connectivity index (χ0) is 24.2. The van der Waals surface area contributed by atoms with E-state index in [9.17, 15) is 14.4 Å². The number of rotatable bonds is 4. The smallest absolute Gasteiger partial charge is 0.280 e. The van der Waals surface area contributed by atoms with Crippen LogP contribution in [-0.2, 0) is 28.0 Å². The summed E-state index contributed by atoms with van der Waals surface area (Å²) in [7, 11) is 2.04. The van der Waals surface area contributed by atoms with Crippen LogP contribution in [0.15, 0.2) is 10.9 Å². The Morgan fingerprint density at radius 3 is 2.56 bits per heavy atom. The summed E-state index contributed by atoms with van der Waals surface area (Å²) in [5, 5.41) is 4.60. The van der Waals surface area contributed by atoms with Crippen LogP contribution in [0.3, 0.4) is 0 Å². The van der Waals surface area contributed by atoms with Gasteiger partial charge in [0.25, 0.3) is 11.5 Å². The standard InChI is InChI=1S/C24H34N6O4/c1-24(2,3)18-12-19-29(15-20(31)27-9-7-26(4)8-10-27)21-17(22(32)30(19)25-18)14-28(23(21)33)13-16-6-5-11-34-16/h12,16H,5-11,13-15H2,1-4H3. The van der Waals surface area contributed by atoms with Gasteiger partial charge in [-0.05, 0) is 19.9 Å². The van der Waals surface area contributed by atoms with Gasteiger partial charge in [0.1, 0.15) is 17.9 Å². The number of amides is 2. The molecule has 184 valence electrons. The second kappa shape index (κ2) is 8.49. The Bertz CT molecular complexity index is 1180. The monoisotopic (exact) mass is 470 g/mol. The normalized spacial score (nSPS) is 21.6. The Hall–Kier alpha value is -2.72. The summed E-state index contributed by atoms with van der Waals surface area (Å²) >= 11 is 0. The van der Waals surface area contributed by atoms with Crippen LogP contribution < -0.4 is 5.56 Å². The van der Waals surface area contributed by atoms with E-state index >= 15 is 0 Å². The summed E-state index contributed by atoms with van der Waals surface area (Å²) in [6, 6.07) is 1.84. The third-order valence-electron chi connectivity index (χ3n) is 7.18. The average Bonchev–Trinajstić information content (AvgIpc) is 3.52. The molecule has 0 saturated carbocycles. The van der Waals surface area contributed by atoms with Crippen molar-refractivity contribution in [2.45, 2.75) is 58.2 Å². The third-order valence-corrected chi connectivity index (χ3v) is 7.18. The molecule has 2 saturated heterocycles. The lowest BCUT2D eigenvalue weighted by atomic mass is 9.93. The molecule has 0 spiro atoms. The first kappa shape index (κ1) is 23.0. The molecule has 3 aliphatic heterocycles. The molecule has 10 nitrogen and oxygen atoms in total. The predicted octanol–water partition coefficient (Wildman–Crippen LogP) is 0.702. The molecule has 2 amide bonds. The second-order valence-electron chi connectivity index (χ2n) is 10.8. The Labute approximate surface area is 199 Å². The largest absolute Gasteiger partial charge is 0.376 e. The fourth-order valence-corrected chi connectivity index (χ4v) is 5.02. The molecule has 34 heavy (non-hydrogen) atoms. The van der Waals surface area contributed by atoms with Crippen LogP contribution in [0.2, 0.25) is 0 Å². The maximum absolute atomic E-state index is 13.6. The van der Waals surface area contributed by atoms with Gasteiger partial charge in [-0.2, -0.15) is 9.61 Å². The van der Waals surface area contributed by atoms with E-state index in [1.807, 2.05) is 38.8 Å². The zero-order valence-corrected chi connectivity index (χ0v) is 20.5. The highest BCUT2D eigenvalue weighted by atomic mass is 16.5. The van der Waals surface area contributed by atoms with Gasteiger partial charge < -0.3 is 24.0 Å². The SMILES string of the molecule is CN1CCN(C(=O)Cn2c3c(c(=O)n4nc(C(C)(C)C)cc24)CN(CC2CCCO2)C3=O)CC1. The van der Waals surface area contributed by atoms with Crippen molar-refractivity contribution < 1.29 is 14.3 Å². The van der Waals surface area contributed by atoms with Crippen molar-refractivity contribution in [2.24, 2.45) is 0 Å². The molecule has 2 aromatic rings. The van der Waals surface area contributed by atoms with E-state index in [0.29, 0.717) is 43.1 Å². The summed E-state index contributed by atoms with van der Waals surface area (Å²) in [4.78, 5) is 46.0. The molecule has 0 aliphatic carbocycles. The molecule has 2 fully saturated rings. The number of carbonyl (C=O) groups is 2. The van der Waals surface area contributed by atoms with Gasteiger partial charge in [0.2, 0.25) is 5.91 Å². The van der Waals surface area contributed by atoms with Crippen LogP contribution in [0.25, 0.3) is 5.65 Å². The first-order chi connectivity index (χ1) is 16.1. The molecule has 5 heterocycles. The third kappa shape index (κ3) is 4.02. The first-order valence-electron chi connectivity index (χ1n) is 12.2. The number of nitrogens with zero attached hydrogens (tertiary/aromatic N) is 6. The van der Waals surface area contributed by atoms with Crippen molar-refractivity contribution >= 4 is 17.5 Å². The van der Waals surface area contributed by atoms with Crippen LogP contribution in [0, 0.1) is 0 Å². The summed E-state index contributed by atoms with van der Waals surface area (Å²) in [6.45, 7) is 10.4. The Balaban J connectivity index is 1.56. The summed E-state index contributed by atoms with van der Waals surface area (Å²) in [5.41, 5.74) is 1.40. The molecular weight excluding hydrogens is 436 g/mol. The molecule has 3 aliphatic rings. The lowest BCUT2D eigenvalue weighted by Crippen LogP contribution is -2.48. The van der Waals surface area contributed by atoms with Gasteiger partial charge in [0, 0.05) is 50.8 Å². The van der Waals surface area contributed by atoms with E-state index in [1.54, 1.807) is 9.47 Å². The molecular formula is C24H34N6O4. The van der Waals surface area contributed by atoms with E-state index in [0.717, 1.165) is 31.6 Å². The molecule has 0 bridgehead atoms. The van der Waals surface area contributed by atoms with Gasteiger partial charge in [-0.1, -0.05) is 20.8 Å². The maximum atomic E-state index is 13.6. The van der Waals surface area contributed by atoms with Crippen LogP contribution in [0.4, 0.5) is 0 Å². The van der Waals surface area contributed by atoms with Gasteiger partial charge in [-0.25, -0.2) is 0 Å². The second-order valence-corrected chi connectivity index (χ2v) is 10.8. The molecule has 1 atom stereocenters. The molecule has 2 aromatic heterocycles. The number of hydrogen-bond donors (Lipinski definition) is 0. The van der Waals surface area contributed by atoms with Crippen LogP contribution in [0.1, 0.15) is 55.4 Å². The topological polar surface area (TPSA) is 92.4 Å². The van der Waals surface area contributed by atoms with Gasteiger partial charge in [0.15, 0.2) is 0 Å². The minimum Gasteiger partial charge on any atom is -0.376 e. The molecule has 0 N–H and O–H groups in total. The van der Waals surface area contributed by atoms with E-state index < -0.39 is 0 Å². The van der Waals surface area contributed by atoms with Crippen molar-refractivity contribution in [2.75, 3.05) is 46.4 Å². The molecule has 10 heteroatoms. The molecule has 0 radical (unpaired) electrons. The summed E-state index contributed by atoms with van der Waals surface area (Å²) in [6.07, 6.45) is 1.88. The average molecular weight is 471 g/mol. The van der Waals surface area contributed by atoms with Crippen molar-refractivity contribution in [3.8, 4) is 0 Å². The van der Waals surface area contributed by atoms with Crippen molar-refractivity contribution in [3.05, 3.63) is 33.4 Å². The minimum atomic E-state index is -0.285. The fourth-order valence-electron chi connectivity index (χ4n) is 5.02. The fraction of sp³-hybridized carbons (Fsp3) is 0.667. The van der Waals surface area contributed by atoms with Gasteiger partial charge in [-0.3, -0.25) is 14.4 Å². The zero-order valence-electron chi connectivity index (χ0n) is 20.5. The minimum absolute atomic E-state index is 0.00458.